The molecule has 0 aliphatic rings. The Kier molecular flexibility index (Phi) is 5.48. The first kappa shape index (κ1) is 19.3. The number of nitrogens with one attached hydrogen (secondary N) is 1. The van der Waals surface area contributed by atoms with Crippen LogP contribution in [0.15, 0.2) is 79.1 Å². The lowest BCUT2D eigenvalue weighted by atomic mass is 10.1. The van der Waals surface area contributed by atoms with Crippen LogP contribution in [-0.4, -0.2) is 28.0 Å². The summed E-state index contributed by atoms with van der Waals surface area (Å²) in [5.74, 6) is 0.706. The SMILES string of the molecule is COc1ccc(-c2cc(-c3ccc(C)cc3)nc(NC(=O)c3ccncc3)n2)cc1. The van der Waals surface area contributed by atoms with Gasteiger partial charge in [0, 0.05) is 29.1 Å². The number of amides is 1. The summed E-state index contributed by atoms with van der Waals surface area (Å²) in [4.78, 5) is 25.7. The first-order valence-electron chi connectivity index (χ1n) is 9.44. The van der Waals surface area contributed by atoms with Crippen molar-refractivity contribution in [2.45, 2.75) is 6.92 Å². The highest BCUT2D eigenvalue weighted by Gasteiger charge is 2.12. The zero-order valence-corrected chi connectivity index (χ0v) is 16.7. The number of ether oxygens (including phenoxy) is 1. The lowest BCUT2D eigenvalue weighted by Crippen LogP contribution is -2.14. The van der Waals surface area contributed by atoms with Gasteiger partial charge < -0.3 is 4.74 Å². The number of methoxy groups -OCH3 is 1. The molecule has 2 aromatic carbocycles. The van der Waals surface area contributed by atoms with Crippen molar-refractivity contribution in [3.63, 3.8) is 0 Å². The fourth-order valence-electron chi connectivity index (χ4n) is 2.96. The molecule has 0 aliphatic carbocycles. The summed E-state index contributed by atoms with van der Waals surface area (Å²) >= 11 is 0. The van der Waals surface area contributed by atoms with Gasteiger partial charge in [-0.05, 0) is 49.4 Å². The Bertz CT molecular complexity index is 1160. The van der Waals surface area contributed by atoms with Gasteiger partial charge in [-0.1, -0.05) is 29.8 Å². The summed E-state index contributed by atoms with van der Waals surface area (Å²) in [5.41, 5.74) is 4.91. The van der Waals surface area contributed by atoms with Gasteiger partial charge in [0.05, 0.1) is 18.5 Å². The monoisotopic (exact) mass is 396 g/mol. The van der Waals surface area contributed by atoms with Crippen LogP contribution in [0.2, 0.25) is 0 Å². The third-order valence-corrected chi connectivity index (χ3v) is 4.63. The van der Waals surface area contributed by atoms with Crippen molar-refractivity contribution in [3.05, 3.63) is 90.3 Å². The number of benzene rings is 2. The van der Waals surface area contributed by atoms with E-state index in [2.05, 4.69) is 20.3 Å². The third kappa shape index (κ3) is 4.33. The summed E-state index contributed by atoms with van der Waals surface area (Å²) in [5, 5.41) is 2.80. The number of carbonyl (C=O) groups excluding carboxylic acids is 1. The lowest BCUT2D eigenvalue weighted by Gasteiger charge is -2.10. The molecule has 1 amide bonds. The number of carbonyl (C=O) groups is 1. The van der Waals surface area contributed by atoms with Crippen LogP contribution < -0.4 is 10.1 Å². The highest BCUT2D eigenvalue weighted by atomic mass is 16.5. The first-order chi connectivity index (χ1) is 14.6. The van der Waals surface area contributed by atoms with Crippen LogP contribution in [0.5, 0.6) is 5.75 Å². The molecule has 6 heteroatoms. The van der Waals surface area contributed by atoms with Crippen molar-refractivity contribution in [2.75, 3.05) is 12.4 Å². The Labute approximate surface area is 174 Å². The Morgan fingerprint density at radius 1 is 0.833 bits per heavy atom. The van der Waals surface area contributed by atoms with E-state index in [9.17, 15) is 4.79 Å². The number of aryl methyl sites for hydroxylation is 1. The summed E-state index contributed by atoms with van der Waals surface area (Å²) in [7, 11) is 1.63. The van der Waals surface area contributed by atoms with Crippen LogP contribution in [0.1, 0.15) is 15.9 Å². The summed E-state index contributed by atoms with van der Waals surface area (Å²) in [6.07, 6.45) is 3.14. The minimum atomic E-state index is -0.292. The molecular weight excluding hydrogens is 376 g/mol. The minimum absolute atomic E-state index is 0.237. The van der Waals surface area contributed by atoms with Crippen molar-refractivity contribution < 1.29 is 9.53 Å². The standard InChI is InChI=1S/C24H20N4O2/c1-16-3-5-17(6-4-16)21-15-22(18-7-9-20(30-2)10-8-18)27-24(26-21)28-23(29)19-11-13-25-14-12-19/h3-15H,1-2H3,(H,26,27,28,29). The van der Waals surface area contributed by atoms with E-state index in [0.717, 1.165) is 28.1 Å². The molecule has 0 atom stereocenters. The van der Waals surface area contributed by atoms with Crippen LogP contribution in [0, 0.1) is 6.92 Å². The molecule has 1 N–H and O–H groups in total. The van der Waals surface area contributed by atoms with Crippen LogP contribution in [-0.2, 0) is 0 Å². The van der Waals surface area contributed by atoms with Crippen LogP contribution in [0.4, 0.5) is 5.95 Å². The van der Waals surface area contributed by atoms with Gasteiger partial charge in [-0.2, -0.15) is 0 Å². The second-order valence-corrected chi connectivity index (χ2v) is 6.75. The van der Waals surface area contributed by atoms with Crippen LogP contribution in [0.25, 0.3) is 22.5 Å². The molecular formula is C24H20N4O2. The average Bonchev–Trinajstić information content (AvgIpc) is 2.80. The quantitative estimate of drug-likeness (QED) is 0.526. The predicted octanol–water partition coefficient (Wildman–Crippen LogP) is 4.77. The number of rotatable bonds is 5. The van der Waals surface area contributed by atoms with Crippen molar-refractivity contribution >= 4 is 11.9 Å². The Morgan fingerprint density at radius 2 is 1.40 bits per heavy atom. The maximum Gasteiger partial charge on any atom is 0.258 e. The molecule has 0 aliphatic heterocycles. The van der Waals surface area contributed by atoms with Crippen LogP contribution >= 0.6 is 0 Å². The molecule has 148 valence electrons. The van der Waals surface area contributed by atoms with Gasteiger partial charge in [-0.25, -0.2) is 9.97 Å². The summed E-state index contributed by atoms with van der Waals surface area (Å²) < 4.78 is 5.24. The van der Waals surface area contributed by atoms with Gasteiger partial charge in [0.2, 0.25) is 5.95 Å². The van der Waals surface area contributed by atoms with Gasteiger partial charge in [0.25, 0.3) is 5.91 Å². The number of hydrogen-bond donors (Lipinski definition) is 1. The molecule has 0 saturated heterocycles. The Hall–Kier alpha value is -4.06. The minimum Gasteiger partial charge on any atom is -0.497 e. The topological polar surface area (TPSA) is 77.0 Å². The number of aromatic nitrogens is 3. The van der Waals surface area contributed by atoms with Gasteiger partial charge in [0.15, 0.2) is 0 Å². The molecule has 0 unspecified atom stereocenters. The van der Waals surface area contributed by atoms with Crippen molar-refractivity contribution in [1.82, 2.24) is 15.0 Å². The smallest absolute Gasteiger partial charge is 0.258 e. The van der Waals surface area contributed by atoms with E-state index in [1.165, 1.54) is 0 Å². The Morgan fingerprint density at radius 3 is 1.97 bits per heavy atom. The van der Waals surface area contributed by atoms with Crippen molar-refractivity contribution in [1.29, 1.82) is 0 Å². The molecule has 0 saturated carbocycles. The molecule has 0 bridgehead atoms. The highest BCUT2D eigenvalue weighted by Crippen LogP contribution is 2.27. The molecule has 4 rings (SSSR count). The maximum atomic E-state index is 12.6. The van der Waals surface area contributed by atoms with E-state index in [-0.39, 0.29) is 11.9 Å². The molecule has 2 heterocycles. The van der Waals surface area contributed by atoms with Gasteiger partial charge in [-0.15, -0.1) is 0 Å². The molecule has 0 radical (unpaired) electrons. The maximum absolute atomic E-state index is 12.6. The number of pyridine rings is 1. The number of hydrogen-bond acceptors (Lipinski definition) is 5. The molecule has 30 heavy (non-hydrogen) atoms. The number of nitrogens with zero attached hydrogens (tertiary/aromatic N) is 3. The molecule has 2 aromatic heterocycles. The normalized spacial score (nSPS) is 10.5. The fourth-order valence-corrected chi connectivity index (χ4v) is 2.96. The van der Waals surface area contributed by atoms with E-state index < -0.39 is 0 Å². The Balaban J connectivity index is 1.75. The molecule has 4 aromatic rings. The first-order valence-corrected chi connectivity index (χ1v) is 9.44. The van der Waals surface area contributed by atoms with E-state index >= 15 is 0 Å². The highest BCUT2D eigenvalue weighted by molar-refractivity contribution is 6.03. The van der Waals surface area contributed by atoms with E-state index in [1.807, 2.05) is 61.5 Å². The van der Waals surface area contributed by atoms with E-state index in [1.54, 1.807) is 31.6 Å². The van der Waals surface area contributed by atoms with Gasteiger partial charge in [0.1, 0.15) is 5.75 Å². The molecule has 0 fully saturated rings. The molecule has 0 spiro atoms. The zero-order chi connectivity index (χ0) is 20.9. The number of anilines is 1. The average molecular weight is 396 g/mol. The largest absolute Gasteiger partial charge is 0.497 e. The summed E-state index contributed by atoms with van der Waals surface area (Å²) in [6.45, 7) is 2.03. The van der Waals surface area contributed by atoms with Crippen LogP contribution in [0.3, 0.4) is 0 Å². The lowest BCUT2D eigenvalue weighted by molar-refractivity contribution is 0.102. The second-order valence-electron chi connectivity index (χ2n) is 6.75. The van der Waals surface area contributed by atoms with E-state index in [0.29, 0.717) is 11.3 Å². The van der Waals surface area contributed by atoms with Gasteiger partial charge >= 0.3 is 0 Å². The second kappa shape index (κ2) is 8.53. The molecule has 6 nitrogen and oxygen atoms in total. The zero-order valence-electron chi connectivity index (χ0n) is 16.7. The van der Waals surface area contributed by atoms with Crippen molar-refractivity contribution in [3.8, 4) is 28.3 Å². The van der Waals surface area contributed by atoms with Crippen molar-refractivity contribution in [2.24, 2.45) is 0 Å². The van der Waals surface area contributed by atoms with Gasteiger partial charge in [-0.3, -0.25) is 15.1 Å². The predicted molar refractivity (Wildman–Crippen MR) is 116 cm³/mol. The third-order valence-electron chi connectivity index (χ3n) is 4.63. The summed E-state index contributed by atoms with van der Waals surface area (Å²) in [6, 6.07) is 20.9. The fraction of sp³-hybridized carbons (Fsp3) is 0.0833. The van der Waals surface area contributed by atoms with E-state index in [4.69, 9.17) is 4.74 Å².